The van der Waals surface area contributed by atoms with E-state index in [0.717, 1.165) is 53.4 Å². The Morgan fingerprint density at radius 2 is 1.91 bits per heavy atom. The van der Waals surface area contributed by atoms with E-state index < -0.39 is 0 Å². The molecule has 1 saturated heterocycles. The summed E-state index contributed by atoms with van der Waals surface area (Å²) < 4.78 is 8.04. The number of carbonyl (C=O) groups is 1. The Bertz CT molecular complexity index is 1230. The topological polar surface area (TPSA) is 69.9 Å². The number of nitrogens with zero attached hydrogens (tertiary/aromatic N) is 4. The van der Waals surface area contributed by atoms with Gasteiger partial charge in [-0.1, -0.05) is 66.4 Å². The van der Waals surface area contributed by atoms with Gasteiger partial charge < -0.3 is 4.74 Å². The molecule has 0 N–H and O–H groups in total. The molecule has 32 heavy (non-hydrogen) atoms. The van der Waals surface area contributed by atoms with Crippen LogP contribution in [0.25, 0.3) is 22.6 Å². The number of Topliss-reactive ketones (excluding diaryl/α,β-unsaturated/α-hetero) is 1. The number of carbonyl (C=O) groups excluding carboxylic acids is 1. The Morgan fingerprint density at radius 3 is 2.62 bits per heavy atom. The van der Waals surface area contributed by atoms with Crippen molar-refractivity contribution in [2.45, 2.75) is 43.2 Å². The molecular weight excluding hydrogens is 420 g/mol. The van der Waals surface area contributed by atoms with E-state index in [1.807, 2.05) is 53.4 Å². The molecule has 4 aromatic rings. The van der Waals surface area contributed by atoms with Gasteiger partial charge in [0.25, 0.3) is 0 Å². The molecule has 0 saturated carbocycles. The minimum absolute atomic E-state index is 0.0412. The fraction of sp³-hybridized carbons (Fsp3) is 0.280. The van der Waals surface area contributed by atoms with Gasteiger partial charge in [-0.05, 0) is 31.7 Å². The largest absolute Gasteiger partial charge is 0.358 e. The van der Waals surface area contributed by atoms with Crippen LogP contribution >= 0.6 is 11.8 Å². The van der Waals surface area contributed by atoms with Crippen molar-refractivity contribution in [1.29, 1.82) is 0 Å². The number of ether oxygens (including phenoxy) is 1. The van der Waals surface area contributed by atoms with E-state index in [1.165, 1.54) is 5.56 Å². The van der Waals surface area contributed by atoms with E-state index in [2.05, 4.69) is 17.1 Å². The highest BCUT2D eigenvalue weighted by molar-refractivity contribution is 7.98. The number of fused-ring (bicyclic) bond motifs is 1. The van der Waals surface area contributed by atoms with Crippen LogP contribution < -0.4 is 0 Å². The molecule has 7 heteroatoms. The van der Waals surface area contributed by atoms with E-state index >= 15 is 0 Å². The van der Waals surface area contributed by atoms with Crippen molar-refractivity contribution in [3.05, 3.63) is 72.1 Å². The van der Waals surface area contributed by atoms with Gasteiger partial charge in [-0.25, -0.2) is 15.0 Å². The first kappa shape index (κ1) is 20.8. The SMILES string of the molecule is CC(=O)c1ccc(-c2nc(SCc3ccccc3)c3ncn(C4CCCCO4)c3n2)cc1. The summed E-state index contributed by atoms with van der Waals surface area (Å²) in [5, 5.41) is 0.846. The number of imidazole rings is 1. The van der Waals surface area contributed by atoms with Crippen molar-refractivity contribution in [2.24, 2.45) is 0 Å². The fourth-order valence-corrected chi connectivity index (χ4v) is 4.78. The average Bonchev–Trinajstić information content (AvgIpc) is 3.28. The molecule has 162 valence electrons. The fourth-order valence-electron chi connectivity index (χ4n) is 3.85. The summed E-state index contributed by atoms with van der Waals surface area (Å²) in [4.78, 5) is 26.1. The number of benzene rings is 2. The van der Waals surface area contributed by atoms with Crippen molar-refractivity contribution in [1.82, 2.24) is 19.5 Å². The van der Waals surface area contributed by atoms with Crippen LogP contribution in [0.2, 0.25) is 0 Å². The zero-order chi connectivity index (χ0) is 21.9. The molecule has 0 bridgehead atoms. The highest BCUT2D eigenvalue weighted by Gasteiger charge is 2.22. The van der Waals surface area contributed by atoms with Crippen LogP contribution in [0.4, 0.5) is 0 Å². The van der Waals surface area contributed by atoms with Gasteiger partial charge in [0.15, 0.2) is 17.3 Å². The molecular formula is C25H24N4O2S. The van der Waals surface area contributed by atoms with Gasteiger partial charge in [-0.15, -0.1) is 0 Å². The number of hydrogen-bond acceptors (Lipinski definition) is 6. The van der Waals surface area contributed by atoms with Crippen LogP contribution in [0.15, 0.2) is 66.0 Å². The van der Waals surface area contributed by atoms with Crippen LogP contribution in [0.3, 0.4) is 0 Å². The Morgan fingerprint density at radius 1 is 1.09 bits per heavy atom. The highest BCUT2D eigenvalue weighted by atomic mass is 32.2. The van der Waals surface area contributed by atoms with E-state index in [-0.39, 0.29) is 12.0 Å². The molecule has 1 fully saturated rings. The number of hydrogen-bond donors (Lipinski definition) is 0. The van der Waals surface area contributed by atoms with Crippen molar-refractivity contribution < 1.29 is 9.53 Å². The predicted molar refractivity (Wildman–Crippen MR) is 126 cm³/mol. The van der Waals surface area contributed by atoms with E-state index in [9.17, 15) is 4.79 Å². The zero-order valence-corrected chi connectivity index (χ0v) is 18.7. The molecule has 3 heterocycles. The standard InChI is InChI=1S/C25H24N4O2S/c1-17(30)19-10-12-20(13-11-19)23-27-24-22(26-16-29(24)21-9-5-6-14-31-21)25(28-23)32-15-18-7-3-2-4-8-18/h2-4,7-8,10-13,16,21H,5-6,9,14-15H2,1H3. The second-order valence-electron chi connectivity index (χ2n) is 7.91. The molecule has 0 radical (unpaired) electrons. The smallest absolute Gasteiger partial charge is 0.167 e. The summed E-state index contributed by atoms with van der Waals surface area (Å²) in [6.45, 7) is 2.32. The minimum Gasteiger partial charge on any atom is -0.358 e. The molecule has 0 aliphatic carbocycles. The first-order valence-corrected chi connectivity index (χ1v) is 11.8. The molecule has 1 aliphatic rings. The number of rotatable bonds is 6. The normalized spacial score (nSPS) is 16.3. The number of aromatic nitrogens is 4. The lowest BCUT2D eigenvalue weighted by atomic mass is 10.1. The van der Waals surface area contributed by atoms with Crippen LogP contribution in [-0.4, -0.2) is 31.9 Å². The second-order valence-corrected chi connectivity index (χ2v) is 8.87. The number of thioether (sulfide) groups is 1. The van der Waals surface area contributed by atoms with E-state index in [1.54, 1.807) is 18.7 Å². The lowest BCUT2D eigenvalue weighted by Gasteiger charge is -2.23. The summed E-state index contributed by atoms with van der Waals surface area (Å²) in [7, 11) is 0. The molecule has 0 amide bonds. The summed E-state index contributed by atoms with van der Waals surface area (Å²) in [6.07, 6.45) is 4.94. The maximum Gasteiger partial charge on any atom is 0.167 e. The molecule has 1 atom stereocenters. The van der Waals surface area contributed by atoms with Crippen molar-refractivity contribution >= 4 is 28.7 Å². The van der Waals surface area contributed by atoms with E-state index in [0.29, 0.717) is 11.4 Å². The minimum atomic E-state index is -0.0523. The van der Waals surface area contributed by atoms with Gasteiger partial charge in [-0.3, -0.25) is 9.36 Å². The quantitative estimate of drug-likeness (QED) is 0.216. The maximum atomic E-state index is 11.7. The molecule has 2 aromatic heterocycles. The third kappa shape index (κ3) is 4.31. The number of ketones is 1. The van der Waals surface area contributed by atoms with Crippen LogP contribution in [0, 0.1) is 0 Å². The Balaban J connectivity index is 1.56. The molecule has 1 aliphatic heterocycles. The van der Waals surface area contributed by atoms with Crippen LogP contribution in [0.1, 0.15) is 48.3 Å². The highest BCUT2D eigenvalue weighted by Crippen LogP contribution is 2.33. The van der Waals surface area contributed by atoms with Gasteiger partial charge in [0, 0.05) is 23.5 Å². The molecule has 0 spiro atoms. The van der Waals surface area contributed by atoms with Gasteiger partial charge in [0.2, 0.25) is 0 Å². The first-order chi connectivity index (χ1) is 15.7. The molecule has 6 nitrogen and oxygen atoms in total. The molecule has 1 unspecified atom stereocenters. The maximum absolute atomic E-state index is 11.7. The molecule has 5 rings (SSSR count). The Labute approximate surface area is 191 Å². The molecule has 2 aromatic carbocycles. The average molecular weight is 445 g/mol. The zero-order valence-electron chi connectivity index (χ0n) is 17.9. The Kier molecular flexibility index (Phi) is 6.01. The van der Waals surface area contributed by atoms with Gasteiger partial charge in [0.1, 0.15) is 16.8 Å². The predicted octanol–water partition coefficient (Wildman–Crippen LogP) is 5.69. The second kappa shape index (κ2) is 9.22. The van der Waals surface area contributed by atoms with Gasteiger partial charge in [0.05, 0.1) is 6.33 Å². The van der Waals surface area contributed by atoms with Crippen LogP contribution in [0.5, 0.6) is 0 Å². The van der Waals surface area contributed by atoms with Crippen molar-refractivity contribution in [3.63, 3.8) is 0 Å². The third-order valence-electron chi connectivity index (χ3n) is 5.62. The lowest BCUT2D eigenvalue weighted by molar-refractivity contribution is -0.0298. The van der Waals surface area contributed by atoms with Gasteiger partial charge in [-0.2, -0.15) is 0 Å². The summed E-state index contributed by atoms with van der Waals surface area (Å²) in [5.74, 6) is 1.46. The monoisotopic (exact) mass is 444 g/mol. The van der Waals surface area contributed by atoms with Crippen molar-refractivity contribution in [3.8, 4) is 11.4 Å². The van der Waals surface area contributed by atoms with Crippen LogP contribution in [-0.2, 0) is 10.5 Å². The van der Waals surface area contributed by atoms with Crippen molar-refractivity contribution in [2.75, 3.05) is 6.61 Å². The Hall–Kier alpha value is -3.03. The summed E-state index contributed by atoms with van der Waals surface area (Å²) in [6, 6.07) is 17.8. The lowest BCUT2D eigenvalue weighted by Crippen LogP contribution is -2.17. The summed E-state index contributed by atoms with van der Waals surface area (Å²) >= 11 is 1.66. The van der Waals surface area contributed by atoms with Gasteiger partial charge >= 0.3 is 0 Å². The van der Waals surface area contributed by atoms with E-state index in [4.69, 9.17) is 14.7 Å². The summed E-state index contributed by atoms with van der Waals surface area (Å²) in [5.41, 5.74) is 4.36. The first-order valence-electron chi connectivity index (χ1n) is 10.8. The third-order valence-corrected chi connectivity index (χ3v) is 6.66.